The van der Waals surface area contributed by atoms with Crippen molar-refractivity contribution in [2.24, 2.45) is 17.3 Å². The van der Waals surface area contributed by atoms with Gasteiger partial charge in [0.1, 0.15) is 0 Å². The highest BCUT2D eigenvalue weighted by molar-refractivity contribution is 5.05. The largest absolute Gasteiger partial charge is 0.316 e. The fraction of sp³-hybridized carbons (Fsp3) is 1.00. The molecule has 1 heteroatoms. The van der Waals surface area contributed by atoms with Crippen molar-refractivity contribution >= 4 is 0 Å². The Morgan fingerprint density at radius 1 is 1.08 bits per heavy atom. The van der Waals surface area contributed by atoms with E-state index in [9.17, 15) is 0 Å². The first-order valence-corrected chi connectivity index (χ1v) is 5.60. The van der Waals surface area contributed by atoms with Crippen LogP contribution in [0.3, 0.4) is 0 Å². The van der Waals surface area contributed by atoms with E-state index in [0.717, 1.165) is 17.3 Å². The summed E-state index contributed by atoms with van der Waals surface area (Å²) in [7, 11) is 0. The van der Waals surface area contributed by atoms with Gasteiger partial charge in [0.15, 0.2) is 0 Å². The van der Waals surface area contributed by atoms with Crippen LogP contribution in [-0.4, -0.2) is 13.1 Å². The highest BCUT2D eigenvalue weighted by Crippen LogP contribution is 2.60. The lowest BCUT2D eigenvalue weighted by atomic mass is 10.0. The third-order valence-electron chi connectivity index (χ3n) is 3.94. The summed E-state index contributed by atoms with van der Waals surface area (Å²) in [5.74, 6) is 2.18. The molecule has 3 aliphatic rings. The van der Waals surface area contributed by atoms with Gasteiger partial charge < -0.3 is 5.32 Å². The molecule has 0 unspecified atom stereocenters. The lowest BCUT2D eigenvalue weighted by Gasteiger charge is -2.14. The second-order valence-corrected chi connectivity index (χ2v) is 5.21. The summed E-state index contributed by atoms with van der Waals surface area (Å²) >= 11 is 0. The minimum atomic E-state index is 0.814. The predicted octanol–water partition coefficient (Wildman–Crippen LogP) is 2.18. The van der Waals surface area contributed by atoms with Crippen molar-refractivity contribution in [1.82, 2.24) is 5.32 Å². The van der Waals surface area contributed by atoms with Crippen LogP contribution < -0.4 is 5.32 Å². The van der Waals surface area contributed by atoms with Gasteiger partial charge in [0, 0.05) is 6.54 Å². The molecule has 3 fully saturated rings. The lowest BCUT2D eigenvalue weighted by Crippen LogP contribution is -2.27. The molecule has 68 valence electrons. The van der Waals surface area contributed by atoms with Crippen molar-refractivity contribution in [1.29, 1.82) is 0 Å². The fourth-order valence-corrected chi connectivity index (χ4v) is 2.43. The maximum absolute atomic E-state index is 3.67. The summed E-state index contributed by atoms with van der Waals surface area (Å²) in [6.07, 6.45) is 9.09. The number of rotatable bonds is 5. The van der Waals surface area contributed by atoms with Crippen LogP contribution in [0, 0.1) is 17.3 Å². The minimum Gasteiger partial charge on any atom is -0.316 e. The highest BCUT2D eigenvalue weighted by atomic mass is 14.9. The molecule has 1 N–H and O–H groups in total. The smallest absolute Gasteiger partial charge is 0.00106 e. The van der Waals surface area contributed by atoms with Crippen LogP contribution in [0.2, 0.25) is 0 Å². The molecule has 0 spiro atoms. The zero-order chi connectivity index (χ0) is 8.02. The molecule has 0 aromatic heterocycles. The van der Waals surface area contributed by atoms with E-state index in [1.165, 1.54) is 51.6 Å². The zero-order valence-electron chi connectivity index (χ0n) is 7.81. The van der Waals surface area contributed by atoms with Gasteiger partial charge in [-0.2, -0.15) is 0 Å². The normalized spacial score (nSPS) is 32.0. The van der Waals surface area contributed by atoms with Crippen LogP contribution in [0.15, 0.2) is 0 Å². The van der Waals surface area contributed by atoms with Crippen molar-refractivity contribution in [2.45, 2.75) is 38.5 Å². The Morgan fingerprint density at radius 3 is 2.33 bits per heavy atom. The van der Waals surface area contributed by atoms with E-state index in [4.69, 9.17) is 0 Å². The van der Waals surface area contributed by atoms with Crippen LogP contribution in [0.4, 0.5) is 0 Å². The molecule has 0 radical (unpaired) electrons. The van der Waals surface area contributed by atoms with E-state index in [0.29, 0.717) is 0 Å². The van der Waals surface area contributed by atoms with Gasteiger partial charge in [0.05, 0.1) is 0 Å². The second-order valence-electron chi connectivity index (χ2n) is 5.21. The Bertz CT molecular complexity index is 175. The van der Waals surface area contributed by atoms with Gasteiger partial charge in [-0.15, -0.1) is 0 Å². The first-order valence-electron chi connectivity index (χ1n) is 5.60. The Kier molecular flexibility index (Phi) is 1.52. The molecule has 0 atom stereocenters. The summed E-state index contributed by atoms with van der Waals surface area (Å²) in [6.45, 7) is 2.66. The first-order chi connectivity index (χ1) is 5.89. The van der Waals surface area contributed by atoms with E-state index in [-0.39, 0.29) is 0 Å². The van der Waals surface area contributed by atoms with Crippen molar-refractivity contribution in [3.05, 3.63) is 0 Å². The molecule has 0 heterocycles. The molecule has 0 aliphatic heterocycles. The number of hydrogen-bond donors (Lipinski definition) is 1. The van der Waals surface area contributed by atoms with Gasteiger partial charge in [-0.1, -0.05) is 0 Å². The third-order valence-corrected chi connectivity index (χ3v) is 3.94. The lowest BCUT2D eigenvalue weighted by molar-refractivity contribution is 0.400. The monoisotopic (exact) mass is 165 g/mol. The van der Waals surface area contributed by atoms with Crippen LogP contribution in [-0.2, 0) is 0 Å². The molecule has 0 bridgehead atoms. The summed E-state index contributed by atoms with van der Waals surface area (Å²) < 4.78 is 0. The highest BCUT2D eigenvalue weighted by Gasteiger charge is 2.53. The molecular weight excluding hydrogens is 146 g/mol. The van der Waals surface area contributed by atoms with Gasteiger partial charge in [-0.3, -0.25) is 0 Å². The van der Waals surface area contributed by atoms with Gasteiger partial charge in [0.2, 0.25) is 0 Å². The SMILES string of the molecule is C1CC1CNCC1(C2CC2)CC1. The van der Waals surface area contributed by atoms with Crippen LogP contribution in [0.5, 0.6) is 0 Å². The molecule has 0 saturated heterocycles. The van der Waals surface area contributed by atoms with Crippen LogP contribution in [0.25, 0.3) is 0 Å². The molecule has 1 nitrogen and oxygen atoms in total. The predicted molar refractivity (Wildman–Crippen MR) is 50.0 cm³/mol. The first kappa shape index (κ1) is 7.37. The molecule has 3 rings (SSSR count). The number of hydrogen-bond acceptors (Lipinski definition) is 1. The van der Waals surface area contributed by atoms with Crippen molar-refractivity contribution in [3.63, 3.8) is 0 Å². The fourth-order valence-electron chi connectivity index (χ4n) is 2.43. The van der Waals surface area contributed by atoms with Crippen molar-refractivity contribution in [2.75, 3.05) is 13.1 Å². The zero-order valence-corrected chi connectivity index (χ0v) is 7.81. The van der Waals surface area contributed by atoms with E-state index in [1.54, 1.807) is 0 Å². The van der Waals surface area contributed by atoms with E-state index in [2.05, 4.69) is 5.32 Å². The van der Waals surface area contributed by atoms with E-state index < -0.39 is 0 Å². The average Bonchev–Trinajstić information content (AvgIpc) is 2.91. The molecule has 0 amide bonds. The van der Waals surface area contributed by atoms with Gasteiger partial charge in [0.25, 0.3) is 0 Å². The summed E-state index contributed by atoms with van der Waals surface area (Å²) in [5, 5.41) is 3.67. The van der Waals surface area contributed by atoms with Gasteiger partial charge in [-0.05, 0) is 62.3 Å². The Balaban J connectivity index is 1.41. The van der Waals surface area contributed by atoms with Crippen LogP contribution in [0.1, 0.15) is 38.5 Å². The molecule has 3 saturated carbocycles. The number of nitrogens with one attached hydrogen (secondary N) is 1. The van der Waals surface area contributed by atoms with E-state index >= 15 is 0 Å². The molecule has 0 aromatic carbocycles. The third kappa shape index (κ3) is 1.39. The van der Waals surface area contributed by atoms with E-state index in [1.807, 2.05) is 0 Å². The maximum Gasteiger partial charge on any atom is 0.00106 e. The molecule has 0 aromatic rings. The maximum atomic E-state index is 3.67. The molecular formula is C11H19N. The Hall–Kier alpha value is -0.0400. The van der Waals surface area contributed by atoms with Crippen LogP contribution >= 0.6 is 0 Å². The second kappa shape index (κ2) is 2.47. The van der Waals surface area contributed by atoms with Gasteiger partial charge >= 0.3 is 0 Å². The summed E-state index contributed by atoms with van der Waals surface area (Å²) in [5.41, 5.74) is 0.814. The Morgan fingerprint density at radius 2 is 1.83 bits per heavy atom. The Labute approximate surface area is 74.9 Å². The molecule has 12 heavy (non-hydrogen) atoms. The standard InChI is InChI=1S/C11H19N/c1-2-9(1)7-12-8-11(5-6-11)10-3-4-10/h9-10,12H,1-8H2. The van der Waals surface area contributed by atoms with Crippen molar-refractivity contribution in [3.8, 4) is 0 Å². The topological polar surface area (TPSA) is 12.0 Å². The quantitative estimate of drug-likeness (QED) is 0.658. The molecule has 3 aliphatic carbocycles. The summed E-state index contributed by atoms with van der Waals surface area (Å²) in [6, 6.07) is 0. The van der Waals surface area contributed by atoms with Crippen molar-refractivity contribution < 1.29 is 0 Å². The average molecular weight is 165 g/mol. The summed E-state index contributed by atoms with van der Waals surface area (Å²) in [4.78, 5) is 0. The van der Waals surface area contributed by atoms with Gasteiger partial charge in [-0.25, -0.2) is 0 Å². The minimum absolute atomic E-state index is 0.814.